The molecule has 4 heteroatoms. The van der Waals surface area contributed by atoms with Crippen LogP contribution in [0.25, 0.3) is 11.5 Å². The highest BCUT2D eigenvalue weighted by Gasteiger charge is 2.14. The number of nitrogens with one attached hydrogen (secondary N) is 1. The molecule has 2 rings (SSSR count). The molecule has 0 aliphatic rings. The molecule has 2 aromatic rings. The molecule has 0 aliphatic carbocycles. The van der Waals surface area contributed by atoms with E-state index >= 15 is 0 Å². The minimum absolute atomic E-state index is 0.156. The molecule has 0 aliphatic heterocycles. The first kappa shape index (κ1) is 11.6. The van der Waals surface area contributed by atoms with Crippen LogP contribution in [0.5, 0.6) is 0 Å². The van der Waals surface area contributed by atoms with Gasteiger partial charge in [-0.2, -0.15) is 0 Å². The standard InChI is InChI=1S/C13H17N3O/c1-13(2,3)10-7-5-9(6-8-10)11-15-16-12(14-4)17-11/h5-8H,1-4H3,(H,14,16). The average molecular weight is 231 g/mol. The molecule has 0 unspecified atom stereocenters. The number of anilines is 1. The Morgan fingerprint density at radius 1 is 1.06 bits per heavy atom. The van der Waals surface area contributed by atoms with Gasteiger partial charge in [-0.25, -0.2) is 0 Å². The highest BCUT2D eigenvalue weighted by molar-refractivity contribution is 5.54. The maximum absolute atomic E-state index is 5.41. The number of hydrogen-bond acceptors (Lipinski definition) is 4. The third kappa shape index (κ3) is 2.46. The largest absolute Gasteiger partial charge is 0.403 e. The number of rotatable bonds is 2. The lowest BCUT2D eigenvalue weighted by molar-refractivity contribution is 0.582. The van der Waals surface area contributed by atoms with Gasteiger partial charge in [0.2, 0.25) is 5.89 Å². The molecule has 0 saturated heterocycles. The van der Waals surface area contributed by atoms with Gasteiger partial charge < -0.3 is 9.73 Å². The van der Waals surface area contributed by atoms with E-state index in [0.717, 1.165) is 5.56 Å². The zero-order valence-corrected chi connectivity index (χ0v) is 10.6. The normalized spacial score (nSPS) is 11.5. The zero-order valence-electron chi connectivity index (χ0n) is 10.6. The first-order valence-electron chi connectivity index (χ1n) is 5.63. The van der Waals surface area contributed by atoms with Crippen LogP contribution in [0.3, 0.4) is 0 Å². The van der Waals surface area contributed by atoms with Crippen LogP contribution >= 0.6 is 0 Å². The predicted octanol–water partition coefficient (Wildman–Crippen LogP) is 3.08. The molecule has 0 bridgehead atoms. The summed E-state index contributed by atoms with van der Waals surface area (Å²) >= 11 is 0. The molecule has 1 aromatic heterocycles. The molecule has 4 nitrogen and oxygen atoms in total. The molecule has 0 atom stereocenters. The van der Waals surface area contributed by atoms with E-state index in [4.69, 9.17) is 4.42 Å². The van der Waals surface area contributed by atoms with Crippen molar-refractivity contribution in [2.24, 2.45) is 0 Å². The molecule has 0 spiro atoms. The molecule has 0 fully saturated rings. The summed E-state index contributed by atoms with van der Waals surface area (Å²) in [5.41, 5.74) is 2.38. The van der Waals surface area contributed by atoms with E-state index in [1.165, 1.54) is 5.56 Å². The fraction of sp³-hybridized carbons (Fsp3) is 0.385. The van der Waals surface area contributed by atoms with Crippen molar-refractivity contribution in [3.05, 3.63) is 29.8 Å². The first-order chi connectivity index (χ1) is 8.00. The fourth-order valence-corrected chi connectivity index (χ4v) is 1.55. The summed E-state index contributed by atoms with van der Waals surface area (Å²) in [6.07, 6.45) is 0. The fourth-order valence-electron chi connectivity index (χ4n) is 1.55. The minimum atomic E-state index is 0.156. The summed E-state index contributed by atoms with van der Waals surface area (Å²) in [5.74, 6) is 0.537. The Hall–Kier alpha value is -1.84. The molecule has 1 aromatic carbocycles. The van der Waals surface area contributed by atoms with E-state index in [1.54, 1.807) is 7.05 Å². The molecule has 1 heterocycles. The van der Waals surface area contributed by atoms with Crippen molar-refractivity contribution in [2.75, 3.05) is 12.4 Å². The Balaban J connectivity index is 2.29. The van der Waals surface area contributed by atoms with E-state index in [0.29, 0.717) is 11.9 Å². The third-order valence-corrected chi connectivity index (χ3v) is 2.64. The van der Waals surface area contributed by atoms with Crippen molar-refractivity contribution in [1.29, 1.82) is 0 Å². The first-order valence-corrected chi connectivity index (χ1v) is 5.63. The smallest absolute Gasteiger partial charge is 0.315 e. The maximum Gasteiger partial charge on any atom is 0.315 e. The molecule has 0 saturated carbocycles. The maximum atomic E-state index is 5.41. The predicted molar refractivity (Wildman–Crippen MR) is 68.0 cm³/mol. The Kier molecular flexibility index (Phi) is 2.88. The summed E-state index contributed by atoms with van der Waals surface area (Å²) in [6, 6.07) is 8.64. The van der Waals surface area contributed by atoms with Crippen LogP contribution in [0.2, 0.25) is 0 Å². The second-order valence-electron chi connectivity index (χ2n) is 4.99. The SMILES string of the molecule is CNc1nnc(-c2ccc(C(C)(C)C)cc2)o1. The molecule has 90 valence electrons. The number of aromatic nitrogens is 2. The van der Waals surface area contributed by atoms with Crippen LogP contribution in [0.15, 0.2) is 28.7 Å². The lowest BCUT2D eigenvalue weighted by Gasteiger charge is -2.18. The number of benzene rings is 1. The Morgan fingerprint density at radius 3 is 2.18 bits per heavy atom. The van der Waals surface area contributed by atoms with Crippen LogP contribution in [0, 0.1) is 0 Å². The highest BCUT2D eigenvalue weighted by Crippen LogP contribution is 2.25. The van der Waals surface area contributed by atoms with Crippen LogP contribution in [-0.4, -0.2) is 17.2 Å². The lowest BCUT2D eigenvalue weighted by atomic mass is 9.87. The van der Waals surface area contributed by atoms with Crippen molar-refractivity contribution in [1.82, 2.24) is 10.2 Å². The van der Waals surface area contributed by atoms with Gasteiger partial charge in [-0.1, -0.05) is 38.0 Å². The molecule has 0 radical (unpaired) electrons. The zero-order chi connectivity index (χ0) is 12.5. The van der Waals surface area contributed by atoms with Crippen LogP contribution in [0.1, 0.15) is 26.3 Å². The average Bonchev–Trinajstić information content (AvgIpc) is 2.76. The second kappa shape index (κ2) is 4.20. The van der Waals surface area contributed by atoms with E-state index < -0.39 is 0 Å². The van der Waals surface area contributed by atoms with Crippen molar-refractivity contribution in [2.45, 2.75) is 26.2 Å². The molecule has 0 amide bonds. The third-order valence-electron chi connectivity index (χ3n) is 2.64. The van der Waals surface area contributed by atoms with E-state index in [9.17, 15) is 0 Å². The van der Waals surface area contributed by atoms with Gasteiger partial charge in [0.25, 0.3) is 0 Å². The monoisotopic (exact) mass is 231 g/mol. The van der Waals surface area contributed by atoms with Gasteiger partial charge in [-0.05, 0) is 23.1 Å². The number of hydrogen-bond donors (Lipinski definition) is 1. The van der Waals surface area contributed by atoms with Gasteiger partial charge in [-0.15, -0.1) is 5.10 Å². The Bertz CT molecular complexity index is 494. The second-order valence-corrected chi connectivity index (χ2v) is 4.99. The van der Waals surface area contributed by atoms with Crippen molar-refractivity contribution >= 4 is 6.01 Å². The van der Waals surface area contributed by atoms with E-state index in [2.05, 4.69) is 48.4 Å². The van der Waals surface area contributed by atoms with Crippen molar-refractivity contribution in [3.8, 4) is 11.5 Å². The van der Waals surface area contributed by atoms with Gasteiger partial charge in [0.15, 0.2) is 0 Å². The summed E-state index contributed by atoms with van der Waals surface area (Å²) < 4.78 is 5.41. The molecular weight excluding hydrogens is 214 g/mol. The summed E-state index contributed by atoms with van der Waals surface area (Å²) in [7, 11) is 1.75. The van der Waals surface area contributed by atoms with Gasteiger partial charge >= 0.3 is 6.01 Å². The van der Waals surface area contributed by atoms with Gasteiger partial charge in [0.05, 0.1) is 0 Å². The van der Waals surface area contributed by atoms with Gasteiger partial charge in [0, 0.05) is 12.6 Å². The summed E-state index contributed by atoms with van der Waals surface area (Å²) in [6.45, 7) is 6.56. The number of nitrogens with zero attached hydrogens (tertiary/aromatic N) is 2. The Labute approximate surface area is 101 Å². The minimum Gasteiger partial charge on any atom is -0.403 e. The molecule has 17 heavy (non-hydrogen) atoms. The molecule has 1 N–H and O–H groups in total. The van der Waals surface area contributed by atoms with Gasteiger partial charge in [0.1, 0.15) is 0 Å². The lowest BCUT2D eigenvalue weighted by Crippen LogP contribution is -2.10. The summed E-state index contributed by atoms with van der Waals surface area (Å²) in [4.78, 5) is 0. The van der Waals surface area contributed by atoms with Crippen LogP contribution in [-0.2, 0) is 5.41 Å². The highest BCUT2D eigenvalue weighted by atomic mass is 16.4. The summed E-state index contributed by atoms with van der Waals surface area (Å²) in [5, 5.41) is 10.6. The van der Waals surface area contributed by atoms with Crippen LogP contribution < -0.4 is 5.32 Å². The van der Waals surface area contributed by atoms with Gasteiger partial charge in [-0.3, -0.25) is 0 Å². The van der Waals surface area contributed by atoms with E-state index in [-0.39, 0.29) is 5.41 Å². The van der Waals surface area contributed by atoms with Crippen LogP contribution in [0.4, 0.5) is 6.01 Å². The topological polar surface area (TPSA) is 51.0 Å². The molecular formula is C13H17N3O. The Morgan fingerprint density at radius 2 is 1.71 bits per heavy atom. The quantitative estimate of drug-likeness (QED) is 0.863. The van der Waals surface area contributed by atoms with E-state index in [1.807, 2.05) is 12.1 Å². The van der Waals surface area contributed by atoms with Crippen molar-refractivity contribution < 1.29 is 4.42 Å². The van der Waals surface area contributed by atoms with Crippen molar-refractivity contribution in [3.63, 3.8) is 0 Å².